The van der Waals surface area contributed by atoms with Crippen LogP contribution in [0.4, 0.5) is 5.69 Å². The Morgan fingerprint density at radius 3 is 2.77 bits per heavy atom. The molecule has 2 nitrogen and oxygen atoms in total. The first kappa shape index (κ1) is 15.4. The summed E-state index contributed by atoms with van der Waals surface area (Å²) in [4.78, 5) is 7.11. The SMILES string of the molecule is CCN(CCSc1nc2ccccc2s1)c1cccc(C)c1. The first-order valence-corrected chi connectivity index (χ1v) is 9.36. The van der Waals surface area contributed by atoms with E-state index in [0.29, 0.717) is 0 Å². The van der Waals surface area contributed by atoms with Crippen molar-refractivity contribution in [3.8, 4) is 0 Å². The van der Waals surface area contributed by atoms with Gasteiger partial charge in [0.2, 0.25) is 0 Å². The smallest absolute Gasteiger partial charge is 0.151 e. The Morgan fingerprint density at radius 2 is 2.00 bits per heavy atom. The number of para-hydroxylation sites is 1. The molecule has 1 heterocycles. The van der Waals surface area contributed by atoms with Crippen LogP contribution in [0.25, 0.3) is 10.2 Å². The van der Waals surface area contributed by atoms with E-state index in [9.17, 15) is 0 Å². The minimum atomic E-state index is 1.03. The fraction of sp³-hybridized carbons (Fsp3) is 0.278. The third-order valence-corrected chi connectivity index (χ3v) is 5.77. The van der Waals surface area contributed by atoms with Crippen molar-refractivity contribution >= 4 is 39.0 Å². The van der Waals surface area contributed by atoms with Gasteiger partial charge in [-0.15, -0.1) is 11.3 Å². The number of aryl methyl sites for hydroxylation is 1. The second-order valence-corrected chi connectivity index (χ2v) is 7.59. The summed E-state index contributed by atoms with van der Waals surface area (Å²) in [6.07, 6.45) is 0. The van der Waals surface area contributed by atoms with Crippen LogP contribution in [0.3, 0.4) is 0 Å². The molecule has 22 heavy (non-hydrogen) atoms. The predicted molar refractivity (Wildman–Crippen MR) is 99.4 cm³/mol. The fourth-order valence-corrected chi connectivity index (χ4v) is 4.55. The van der Waals surface area contributed by atoms with Gasteiger partial charge in [0.1, 0.15) is 0 Å². The average molecular weight is 329 g/mol. The molecule has 0 aliphatic carbocycles. The molecule has 0 saturated carbocycles. The number of rotatable bonds is 6. The van der Waals surface area contributed by atoms with Gasteiger partial charge in [-0.3, -0.25) is 0 Å². The van der Waals surface area contributed by atoms with Gasteiger partial charge in [0.05, 0.1) is 10.2 Å². The van der Waals surface area contributed by atoms with Crippen molar-refractivity contribution < 1.29 is 0 Å². The summed E-state index contributed by atoms with van der Waals surface area (Å²) in [6, 6.07) is 17.1. The normalized spacial score (nSPS) is 11.0. The van der Waals surface area contributed by atoms with Crippen molar-refractivity contribution in [2.75, 3.05) is 23.7 Å². The van der Waals surface area contributed by atoms with E-state index in [1.807, 2.05) is 17.8 Å². The Balaban J connectivity index is 1.61. The molecule has 0 unspecified atom stereocenters. The van der Waals surface area contributed by atoms with Gasteiger partial charge in [0.15, 0.2) is 4.34 Å². The standard InChI is InChI=1S/C18H20N2S2/c1-3-20(15-8-6-7-14(2)13-15)11-12-21-18-19-16-9-4-5-10-17(16)22-18/h4-10,13H,3,11-12H2,1-2H3. The van der Waals surface area contributed by atoms with Gasteiger partial charge < -0.3 is 4.90 Å². The van der Waals surface area contributed by atoms with Gasteiger partial charge >= 0.3 is 0 Å². The quantitative estimate of drug-likeness (QED) is 0.577. The third-order valence-electron chi connectivity index (χ3n) is 3.61. The zero-order chi connectivity index (χ0) is 15.4. The number of hydrogen-bond donors (Lipinski definition) is 0. The molecule has 0 fully saturated rings. The summed E-state index contributed by atoms with van der Waals surface area (Å²) in [7, 11) is 0. The van der Waals surface area contributed by atoms with E-state index in [1.165, 1.54) is 20.3 Å². The molecule has 0 N–H and O–H groups in total. The van der Waals surface area contributed by atoms with E-state index in [1.54, 1.807) is 11.3 Å². The van der Waals surface area contributed by atoms with Gasteiger partial charge in [-0.2, -0.15) is 0 Å². The highest BCUT2D eigenvalue weighted by Gasteiger charge is 2.07. The fourth-order valence-electron chi connectivity index (χ4n) is 2.45. The summed E-state index contributed by atoms with van der Waals surface area (Å²) in [5.41, 5.74) is 3.74. The maximum atomic E-state index is 4.69. The molecule has 0 amide bonds. The van der Waals surface area contributed by atoms with Crippen molar-refractivity contribution in [1.29, 1.82) is 0 Å². The summed E-state index contributed by atoms with van der Waals surface area (Å²) in [6.45, 7) is 6.43. The first-order valence-electron chi connectivity index (χ1n) is 7.56. The number of aromatic nitrogens is 1. The van der Waals surface area contributed by atoms with Crippen molar-refractivity contribution in [2.24, 2.45) is 0 Å². The van der Waals surface area contributed by atoms with Crippen LogP contribution < -0.4 is 4.90 Å². The summed E-state index contributed by atoms with van der Waals surface area (Å²) < 4.78 is 2.44. The Hall–Kier alpha value is -1.52. The predicted octanol–water partition coefficient (Wildman–Crippen LogP) is 5.22. The average Bonchev–Trinajstić information content (AvgIpc) is 2.94. The van der Waals surface area contributed by atoms with Crippen molar-refractivity contribution in [2.45, 2.75) is 18.2 Å². The highest BCUT2D eigenvalue weighted by Crippen LogP contribution is 2.29. The van der Waals surface area contributed by atoms with Crippen LogP contribution in [-0.2, 0) is 0 Å². The Labute approximate surface area is 140 Å². The molecule has 3 aromatic rings. The van der Waals surface area contributed by atoms with Crippen molar-refractivity contribution in [3.63, 3.8) is 0 Å². The minimum Gasteiger partial charge on any atom is -0.371 e. The molecule has 2 aromatic carbocycles. The molecule has 0 aliphatic heterocycles. The molecular formula is C18H20N2S2. The lowest BCUT2D eigenvalue weighted by molar-refractivity contribution is 0.871. The number of hydrogen-bond acceptors (Lipinski definition) is 4. The zero-order valence-electron chi connectivity index (χ0n) is 13.0. The number of nitrogens with zero attached hydrogens (tertiary/aromatic N) is 2. The number of thiazole rings is 1. The van der Waals surface area contributed by atoms with E-state index in [0.717, 1.165) is 24.4 Å². The van der Waals surface area contributed by atoms with Crippen LogP contribution in [0.1, 0.15) is 12.5 Å². The van der Waals surface area contributed by atoms with Crippen LogP contribution in [0.15, 0.2) is 52.9 Å². The monoisotopic (exact) mass is 328 g/mol. The number of thioether (sulfide) groups is 1. The summed E-state index contributed by atoms with van der Waals surface area (Å²) >= 11 is 3.64. The molecule has 3 rings (SSSR count). The lowest BCUT2D eigenvalue weighted by Gasteiger charge is -2.23. The maximum Gasteiger partial charge on any atom is 0.151 e. The van der Waals surface area contributed by atoms with Crippen LogP contribution in [0.2, 0.25) is 0 Å². The second kappa shape index (κ2) is 7.16. The number of benzene rings is 2. The highest BCUT2D eigenvalue weighted by atomic mass is 32.2. The Kier molecular flexibility index (Phi) is 5.01. The molecule has 114 valence electrons. The highest BCUT2D eigenvalue weighted by molar-refractivity contribution is 8.01. The zero-order valence-corrected chi connectivity index (χ0v) is 14.6. The Morgan fingerprint density at radius 1 is 1.14 bits per heavy atom. The van der Waals surface area contributed by atoms with Gasteiger partial charge in [0, 0.05) is 24.5 Å². The number of fused-ring (bicyclic) bond motifs is 1. The molecule has 4 heteroatoms. The van der Waals surface area contributed by atoms with Crippen LogP contribution in [0, 0.1) is 6.92 Å². The third kappa shape index (κ3) is 3.62. The van der Waals surface area contributed by atoms with Crippen LogP contribution >= 0.6 is 23.1 Å². The van der Waals surface area contributed by atoms with E-state index in [4.69, 9.17) is 0 Å². The molecule has 0 aliphatic rings. The second-order valence-electron chi connectivity index (χ2n) is 5.21. The van der Waals surface area contributed by atoms with Gasteiger partial charge in [-0.25, -0.2) is 4.98 Å². The summed E-state index contributed by atoms with van der Waals surface area (Å²) in [5.74, 6) is 1.06. The topological polar surface area (TPSA) is 16.1 Å². The van der Waals surface area contributed by atoms with E-state index < -0.39 is 0 Å². The van der Waals surface area contributed by atoms with Crippen molar-refractivity contribution in [3.05, 3.63) is 54.1 Å². The van der Waals surface area contributed by atoms with Crippen LogP contribution in [0.5, 0.6) is 0 Å². The molecule has 0 bridgehead atoms. The summed E-state index contributed by atoms with van der Waals surface area (Å²) in [5, 5.41) is 0. The Bertz CT molecular complexity index is 718. The molecule has 0 saturated heterocycles. The molecule has 1 aromatic heterocycles. The van der Waals surface area contributed by atoms with Crippen LogP contribution in [-0.4, -0.2) is 23.8 Å². The largest absolute Gasteiger partial charge is 0.371 e. The number of anilines is 1. The molecule has 0 atom stereocenters. The van der Waals surface area contributed by atoms with Crippen molar-refractivity contribution in [1.82, 2.24) is 4.98 Å². The van der Waals surface area contributed by atoms with Gasteiger partial charge in [0.25, 0.3) is 0 Å². The van der Waals surface area contributed by atoms with E-state index >= 15 is 0 Å². The first-order chi connectivity index (χ1) is 10.8. The molecule has 0 spiro atoms. The van der Waals surface area contributed by atoms with Gasteiger partial charge in [-0.1, -0.05) is 36.0 Å². The van der Waals surface area contributed by atoms with E-state index in [-0.39, 0.29) is 0 Å². The molecule has 0 radical (unpaired) electrons. The minimum absolute atomic E-state index is 1.03. The van der Waals surface area contributed by atoms with E-state index in [2.05, 4.69) is 66.2 Å². The lowest BCUT2D eigenvalue weighted by Crippen LogP contribution is -2.25. The molecular weight excluding hydrogens is 308 g/mol. The lowest BCUT2D eigenvalue weighted by atomic mass is 10.2. The maximum absolute atomic E-state index is 4.69. The van der Waals surface area contributed by atoms with Gasteiger partial charge in [-0.05, 0) is 43.7 Å².